The van der Waals surface area contributed by atoms with E-state index in [4.69, 9.17) is 21.4 Å². The van der Waals surface area contributed by atoms with Crippen molar-refractivity contribution in [1.82, 2.24) is 4.90 Å². The number of piperidine rings is 1. The molecular formula is C24H28ClNO3S. The van der Waals surface area contributed by atoms with E-state index in [1.54, 1.807) is 11.8 Å². The summed E-state index contributed by atoms with van der Waals surface area (Å²) in [7, 11) is 0. The molecule has 0 atom stereocenters. The second kappa shape index (κ2) is 9.21. The van der Waals surface area contributed by atoms with E-state index in [-0.39, 0.29) is 11.8 Å². The Labute approximate surface area is 187 Å². The number of likely N-dealkylation sites (tertiary alicyclic amines) is 1. The molecule has 0 bridgehead atoms. The average molecular weight is 446 g/mol. The van der Waals surface area contributed by atoms with Gasteiger partial charge in [0.2, 0.25) is 0 Å². The number of halogens is 1. The van der Waals surface area contributed by atoms with Gasteiger partial charge in [0.25, 0.3) is 0 Å². The normalized spacial score (nSPS) is 17.7. The fourth-order valence-electron chi connectivity index (χ4n) is 4.57. The number of aryl methyl sites for hydroxylation is 1. The van der Waals surface area contributed by atoms with Crippen molar-refractivity contribution in [3.63, 3.8) is 0 Å². The molecule has 2 aliphatic rings. The molecule has 1 fully saturated rings. The van der Waals surface area contributed by atoms with E-state index in [0.29, 0.717) is 6.54 Å². The third kappa shape index (κ3) is 4.48. The third-order valence-corrected chi connectivity index (χ3v) is 7.84. The number of benzene rings is 2. The van der Waals surface area contributed by atoms with Gasteiger partial charge in [-0.1, -0.05) is 36.7 Å². The zero-order valence-electron chi connectivity index (χ0n) is 17.3. The fourth-order valence-corrected chi connectivity index (χ4v) is 5.91. The lowest BCUT2D eigenvalue weighted by Gasteiger charge is -2.38. The number of carboxylic acids is 1. The van der Waals surface area contributed by atoms with Gasteiger partial charge in [-0.15, -0.1) is 11.8 Å². The molecule has 0 radical (unpaired) electrons. The SMILES string of the molecule is CCc1cccc(Cl)c1CSc1ccc2c(c1)OCC21CCN(CCC(=O)O)CC1. The first-order valence-corrected chi connectivity index (χ1v) is 12.0. The van der Waals surface area contributed by atoms with E-state index < -0.39 is 5.97 Å². The number of aliphatic carboxylic acids is 1. The lowest BCUT2D eigenvalue weighted by Crippen LogP contribution is -2.44. The summed E-state index contributed by atoms with van der Waals surface area (Å²) in [5.74, 6) is 1.14. The highest BCUT2D eigenvalue weighted by atomic mass is 35.5. The summed E-state index contributed by atoms with van der Waals surface area (Å²) in [6, 6.07) is 12.8. The highest BCUT2D eigenvalue weighted by molar-refractivity contribution is 7.98. The number of ether oxygens (including phenoxy) is 1. The van der Waals surface area contributed by atoms with Crippen molar-refractivity contribution in [1.29, 1.82) is 0 Å². The zero-order chi connectivity index (χ0) is 21.1. The maximum absolute atomic E-state index is 10.8. The van der Waals surface area contributed by atoms with Crippen LogP contribution in [0.1, 0.15) is 42.9 Å². The highest BCUT2D eigenvalue weighted by Crippen LogP contribution is 2.47. The largest absolute Gasteiger partial charge is 0.492 e. The summed E-state index contributed by atoms with van der Waals surface area (Å²) < 4.78 is 6.13. The fraction of sp³-hybridized carbons (Fsp3) is 0.458. The number of hydrogen-bond acceptors (Lipinski definition) is 4. The average Bonchev–Trinajstić information content (AvgIpc) is 3.09. The molecule has 1 spiro atoms. The predicted octanol–water partition coefficient (Wildman–Crippen LogP) is 5.40. The molecule has 0 saturated carbocycles. The van der Waals surface area contributed by atoms with E-state index in [2.05, 4.69) is 36.1 Å². The van der Waals surface area contributed by atoms with Crippen LogP contribution in [-0.2, 0) is 22.4 Å². The van der Waals surface area contributed by atoms with E-state index >= 15 is 0 Å². The molecule has 0 amide bonds. The van der Waals surface area contributed by atoms with E-state index in [1.807, 2.05) is 12.1 Å². The minimum Gasteiger partial charge on any atom is -0.492 e. The topological polar surface area (TPSA) is 49.8 Å². The van der Waals surface area contributed by atoms with Gasteiger partial charge in [-0.2, -0.15) is 0 Å². The highest BCUT2D eigenvalue weighted by Gasteiger charge is 2.43. The number of carboxylic acid groups (broad SMARTS) is 1. The quantitative estimate of drug-likeness (QED) is 0.578. The maximum Gasteiger partial charge on any atom is 0.304 e. The number of hydrogen-bond donors (Lipinski definition) is 1. The lowest BCUT2D eigenvalue weighted by atomic mass is 9.74. The monoisotopic (exact) mass is 445 g/mol. The molecular weight excluding hydrogens is 418 g/mol. The first-order chi connectivity index (χ1) is 14.5. The summed E-state index contributed by atoms with van der Waals surface area (Å²) in [5.41, 5.74) is 3.92. The van der Waals surface area contributed by atoms with Crippen LogP contribution < -0.4 is 4.74 Å². The van der Waals surface area contributed by atoms with Gasteiger partial charge in [0.05, 0.1) is 13.0 Å². The molecule has 6 heteroatoms. The van der Waals surface area contributed by atoms with Crippen LogP contribution in [0.15, 0.2) is 41.3 Å². The number of carbonyl (C=O) groups is 1. The third-order valence-electron chi connectivity index (χ3n) is 6.46. The van der Waals surface area contributed by atoms with Crippen LogP contribution in [0.2, 0.25) is 5.02 Å². The van der Waals surface area contributed by atoms with Crippen molar-refractivity contribution in [2.24, 2.45) is 0 Å². The standard InChI is InChI=1S/C24H28ClNO3S/c1-2-17-4-3-5-21(25)19(17)15-30-18-6-7-20-22(14-18)29-16-24(20)9-12-26(13-10-24)11-8-23(27)28/h3-7,14H,2,8-13,15-16H2,1H3,(H,27,28). The van der Waals surface area contributed by atoms with Crippen LogP contribution in [0.5, 0.6) is 5.75 Å². The Morgan fingerprint density at radius 3 is 2.80 bits per heavy atom. The molecule has 0 aliphatic carbocycles. The van der Waals surface area contributed by atoms with Gasteiger partial charge >= 0.3 is 5.97 Å². The molecule has 0 unspecified atom stereocenters. The van der Waals surface area contributed by atoms with E-state index in [1.165, 1.54) is 21.6 Å². The summed E-state index contributed by atoms with van der Waals surface area (Å²) >= 11 is 8.24. The predicted molar refractivity (Wildman–Crippen MR) is 122 cm³/mol. The molecule has 2 heterocycles. The Kier molecular flexibility index (Phi) is 6.61. The van der Waals surface area contributed by atoms with Gasteiger partial charge in [-0.3, -0.25) is 4.79 Å². The zero-order valence-corrected chi connectivity index (χ0v) is 18.9. The molecule has 30 heavy (non-hydrogen) atoms. The van der Waals surface area contributed by atoms with Gasteiger partial charge in [0.15, 0.2) is 0 Å². The van der Waals surface area contributed by atoms with Crippen LogP contribution in [-0.4, -0.2) is 42.2 Å². The van der Waals surface area contributed by atoms with Crippen LogP contribution in [0.4, 0.5) is 0 Å². The van der Waals surface area contributed by atoms with Gasteiger partial charge in [0.1, 0.15) is 5.75 Å². The Morgan fingerprint density at radius 2 is 2.07 bits per heavy atom. The molecule has 160 valence electrons. The second-order valence-electron chi connectivity index (χ2n) is 8.23. The molecule has 1 N–H and O–H groups in total. The summed E-state index contributed by atoms with van der Waals surface area (Å²) in [4.78, 5) is 14.3. The summed E-state index contributed by atoms with van der Waals surface area (Å²) in [5, 5.41) is 9.75. The molecule has 2 aromatic rings. The van der Waals surface area contributed by atoms with Gasteiger partial charge in [-0.25, -0.2) is 0 Å². The Hall–Kier alpha value is -1.69. The first kappa shape index (κ1) is 21.5. The number of rotatable bonds is 7. The molecule has 4 rings (SSSR count). The first-order valence-electron chi connectivity index (χ1n) is 10.6. The Morgan fingerprint density at radius 1 is 1.27 bits per heavy atom. The van der Waals surface area contributed by atoms with Gasteiger partial charge in [-0.05, 0) is 61.7 Å². The number of nitrogens with zero attached hydrogens (tertiary/aromatic N) is 1. The van der Waals surface area contributed by atoms with Gasteiger partial charge < -0.3 is 14.7 Å². The molecule has 0 aromatic heterocycles. The molecule has 4 nitrogen and oxygen atoms in total. The summed E-state index contributed by atoms with van der Waals surface area (Å²) in [6.07, 6.45) is 3.23. The Bertz CT molecular complexity index is 925. The van der Waals surface area contributed by atoms with Crippen molar-refractivity contribution >= 4 is 29.3 Å². The smallest absolute Gasteiger partial charge is 0.304 e. The molecule has 2 aliphatic heterocycles. The van der Waals surface area contributed by atoms with Crippen molar-refractivity contribution < 1.29 is 14.6 Å². The minimum atomic E-state index is -0.724. The van der Waals surface area contributed by atoms with Crippen LogP contribution in [0.25, 0.3) is 0 Å². The van der Waals surface area contributed by atoms with E-state index in [9.17, 15) is 4.79 Å². The maximum atomic E-state index is 10.8. The summed E-state index contributed by atoms with van der Waals surface area (Å²) in [6.45, 7) is 5.39. The van der Waals surface area contributed by atoms with Crippen molar-refractivity contribution in [2.45, 2.75) is 48.7 Å². The lowest BCUT2D eigenvalue weighted by molar-refractivity contribution is -0.137. The number of fused-ring (bicyclic) bond motifs is 2. The molecule has 1 saturated heterocycles. The number of thioether (sulfide) groups is 1. The van der Waals surface area contributed by atoms with Crippen LogP contribution in [0, 0.1) is 0 Å². The second-order valence-corrected chi connectivity index (χ2v) is 9.69. The van der Waals surface area contributed by atoms with Gasteiger partial charge in [0, 0.05) is 33.2 Å². The van der Waals surface area contributed by atoms with Crippen LogP contribution >= 0.6 is 23.4 Å². The van der Waals surface area contributed by atoms with Crippen molar-refractivity contribution in [2.75, 3.05) is 26.2 Å². The van der Waals surface area contributed by atoms with Crippen molar-refractivity contribution in [3.05, 3.63) is 58.1 Å². The Balaban J connectivity index is 1.42. The van der Waals surface area contributed by atoms with Crippen molar-refractivity contribution in [3.8, 4) is 5.75 Å². The van der Waals surface area contributed by atoms with E-state index in [0.717, 1.165) is 55.5 Å². The minimum absolute atomic E-state index is 0.0797. The molecule has 2 aromatic carbocycles. The van der Waals surface area contributed by atoms with Crippen LogP contribution in [0.3, 0.4) is 0 Å².